The molecule has 1 aromatic carbocycles. The van der Waals surface area contributed by atoms with E-state index in [2.05, 4.69) is 10.2 Å². The first kappa shape index (κ1) is 15.7. The summed E-state index contributed by atoms with van der Waals surface area (Å²) in [5.74, 6) is 0. The normalized spacial score (nSPS) is 12.1. The Kier molecular flexibility index (Phi) is 4.20. The van der Waals surface area contributed by atoms with E-state index >= 15 is 0 Å². The van der Waals surface area contributed by atoms with Crippen molar-refractivity contribution in [3.8, 4) is 0 Å². The number of benzene rings is 1. The number of H-pyrrole nitrogens is 1. The zero-order chi connectivity index (χ0) is 15.8. The summed E-state index contributed by atoms with van der Waals surface area (Å²) in [6.07, 6.45) is 3.33. The number of nitrogens with zero attached hydrogens (tertiary/aromatic N) is 2. The van der Waals surface area contributed by atoms with Crippen LogP contribution in [0.4, 0.5) is 0 Å². The minimum absolute atomic E-state index is 0.296. The summed E-state index contributed by atoms with van der Waals surface area (Å²) >= 11 is 0. The van der Waals surface area contributed by atoms with Crippen molar-refractivity contribution in [3.63, 3.8) is 0 Å². The highest BCUT2D eigenvalue weighted by Crippen LogP contribution is 2.28. The van der Waals surface area contributed by atoms with E-state index in [0.717, 1.165) is 27.8 Å². The van der Waals surface area contributed by atoms with Crippen LogP contribution in [-0.4, -0.2) is 30.0 Å². The molecule has 5 nitrogen and oxygen atoms in total. The van der Waals surface area contributed by atoms with Gasteiger partial charge in [0, 0.05) is 25.4 Å². The Labute approximate surface area is 126 Å². The summed E-state index contributed by atoms with van der Waals surface area (Å²) < 4.78 is 27.2. The molecule has 1 heterocycles. The zero-order valence-corrected chi connectivity index (χ0v) is 13.9. The first-order valence-electron chi connectivity index (χ1n) is 6.76. The van der Waals surface area contributed by atoms with Gasteiger partial charge < -0.3 is 0 Å². The average molecular weight is 307 g/mol. The van der Waals surface area contributed by atoms with E-state index in [9.17, 15) is 8.42 Å². The highest BCUT2D eigenvalue weighted by atomic mass is 32.2. The maximum Gasteiger partial charge on any atom is 0.243 e. The Balaban J connectivity index is 2.49. The van der Waals surface area contributed by atoms with E-state index < -0.39 is 10.0 Å². The predicted molar refractivity (Wildman–Crippen MR) is 82.6 cm³/mol. The Hall–Kier alpha value is -1.66. The first-order chi connectivity index (χ1) is 9.75. The molecular weight excluding hydrogens is 286 g/mol. The van der Waals surface area contributed by atoms with Crippen LogP contribution in [-0.2, 0) is 16.6 Å². The highest BCUT2D eigenvalue weighted by Gasteiger charge is 2.26. The van der Waals surface area contributed by atoms with Gasteiger partial charge in [0.2, 0.25) is 10.0 Å². The molecule has 6 heteroatoms. The summed E-state index contributed by atoms with van der Waals surface area (Å²) in [5.41, 5.74) is 4.46. The molecule has 0 aliphatic carbocycles. The molecule has 0 bridgehead atoms. The second kappa shape index (κ2) is 5.61. The van der Waals surface area contributed by atoms with Crippen molar-refractivity contribution in [3.05, 3.63) is 46.3 Å². The van der Waals surface area contributed by atoms with Crippen LogP contribution >= 0.6 is 0 Å². The smallest absolute Gasteiger partial charge is 0.243 e. The van der Waals surface area contributed by atoms with Crippen molar-refractivity contribution >= 4 is 10.0 Å². The fourth-order valence-corrected chi connectivity index (χ4v) is 4.16. The van der Waals surface area contributed by atoms with Gasteiger partial charge in [-0.05, 0) is 49.9 Å². The van der Waals surface area contributed by atoms with Crippen LogP contribution in [0, 0.1) is 27.7 Å². The molecular formula is C15H21N3O2S. The van der Waals surface area contributed by atoms with E-state index in [-0.39, 0.29) is 0 Å². The third-order valence-corrected chi connectivity index (χ3v) is 6.00. The number of nitrogens with one attached hydrogen (secondary N) is 1. The van der Waals surface area contributed by atoms with Gasteiger partial charge in [-0.2, -0.15) is 9.40 Å². The van der Waals surface area contributed by atoms with Crippen molar-refractivity contribution in [2.24, 2.45) is 0 Å². The van der Waals surface area contributed by atoms with Crippen molar-refractivity contribution in [2.75, 3.05) is 7.05 Å². The fraction of sp³-hybridized carbons (Fsp3) is 0.400. The molecule has 114 valence electrons. The van der Waals surface area contributed by atoms with Crippen LogP contribution in [0.15, 0.2) is 23.4 Å². The number of sulfonamides is 1. The minimum Gasteiger partial charge on any atom is -0.285 e. The summed E-state index contributed by atoms with van der Waals surface area (Å²) in [6, 6.07) is 2.03. The van der Waals surface area contributed by atoms with E-state index in [1.165, 1.54) is 4.31 Å². The van der Waals surface area contributed by atoms with E-state index in [4.69, 9.17) is 0 Å². The Morgan fingerprint density at radius 3 is 2.19 bits per heavy atom. The van der Waals surface area contributed by atoms with Gasteiger partial charge >= 0.3 is 0 Å². The highest BCUT2D eigenvalue weighted by molar-refractivity contribution is 7.89. The molecule has 0 saturated heterocycles. The standard InChI is InChI=1S/C15H21N3O2S/c1-10-6-11(2)13(4)15(12(10)3)21(19,20)18(5)9-14-7-16-17-8-14/h6-8H,9H2,1-5H3,(H,16,17). The lowest BCUT2D eigenvalue weighted by atomic mass is 10.0. The topological polar surface area (TPSA) is 66.1 Å². The summed E-state index contributed by atoms with van der Waals surface area (Å²) in [6.45, 7) is 7.90. The third kappa shape index (κ3) is 2.87. The average Bonchev–Trinajstić information content (AvgIpc) is 2.89. The fourth-order valence-electron chi connectivity index (χ4n) is 2.43. The van der Waals surface area contributed by atoms with Crippen LogP contribution < -0.4 is 0 Å². The maximum absolute atomic E-state index is 12.9. The van der Waals surface area contributed by atoms with Gasteiger partial charge in [0.1, 0.15) is 0 Å². The summed E-state index contributed by atoms with van der Waals surface area (Å²) in [7, 11) is -1.93. The Bertz CT molecular complexity index is 723. The Morgan fingerprint density at radius 1 is 1.14 bits per heavy atom. The van der Waals surface area contributed by atoms with Crippen LogP contribution in [0.25, 0.3) is 0 Å². The van der Waals surface area contributed by atoms with Gasteiger partial charge in [-0.15, -0.1) is 0 Å². The third-order valence-electron chi connectivity index (χ3n) is 3.93. The van der Waals surface area contributed by atoms with Gasteiger partial charge in [-0.25, -0.2) is 8.42 Å². The van der Waals surface area contributed by atoms with E-state index in [0.29, 0.717) is 11.4 Å². The van der Waals surface area contributed by atoms with Crippen molar-refractivity contribution < 1.29 is 8.42 Å². The molecule has 2 rings (SSSR count). The zero-order valence-electron chi connectivity index (χ0n) is 13.1. The van der Waals surface area contributed by atoms with Gasteiger partial charge in [0.15, 0.2) is 0 Å². The van der Waals surface area contributed by atoms with Crippen LogP contribution in [0.5, 0.6) is 0 Å². The predicted octanol–water partition coefficient (Wildman–Crippen LogP) is 2.46. The number of aromatic nitrogens is 2. The van der Waals surface area contributed by atoms with Gasteiger partial charge in [0.25, 0.3) is 0 Å². The summed E-state index contributed by atoms with van der Waals surface area (Å²) in [4.78, 5) is 0.422. The SMILES string of the molecule is Cc1cc(C)c(C)c(S(=O)(=O)N(C)Cc2cn[nH]c2)c1C. The molecule has 0 spiro atoms. The molecule has 1 N–H and O–H groups in total. The molecule has 0 aliphatic heterocycles. The van der Waals surface area contributed by atoms with Crippen molar-refractivity contribution in [2.45, 2.75) is 39.1 Å². The van der Waals surface area contributed by atoms with E-state index in [1.807, 2.05) is 33.8 Å². The van der Waals surface area contributed by atoms with E-state index in [1.54, 1.807) is 19.4 Å². The number of hydrogen-bond donors (Lipinski definition) is 1. The molecule has 2 aromatic rings. The molecule has 0 unspecified atom stereocenters. The van der Waals surface area contributed by atoms with Crippen molar-refractivity contribution in [1.82, 2.24) is 14.5 Å². The van der Waals surface area contributed by atoms with Gasteiger partial charge in [-0.1, -0.05) is 6.07 Å². The van der Waals surface area contributed by atoms with Crippen molar-refractivity contribution in [1.29, 1.82) is 0 Å². The largest absolute Gasteiger partial charge is 0.285 e. The van der Waals surface area contributed by atoms with Gasteiger partial charge in [-0.3, -0.25) is 5.10 Å². The maximum atomic E-state index is 12.9. The minimum atomic E-state index is -3.53. The summed E-state index contributed by atoms with van der Waals surface area (Å²) in [5, 5.41) is 6.54. The molecule has 0 amide bonds. The molecule has 0 atom stereocenters. The number of aryl methyl sites for hydroxylation is 2. The number of aromatic amines is 1. The van der Waals surface area contributed by atoms with Crippen LogP contribution in [0.2, 0.25) is 0 Å². The number of rotatable bonds is 4. The lowest BCUT2D eigenvalue weighted by molar-refractivity contribution is 0.465. The van der Waals surface area contributed by atoms with Crippen LogP contribution in [0.1, 0.15) is 27.8 Å². The first-order valence-corrected chi connectivity index (χ1v) is 8.20. The Morgan fingerprint density at radius 2 is 1.71 bits per heavy atom. The quantitative estimate of drug-likeness (QED) is 0.943. The second-order valence-electron chi connectivity index (χ2n) is 5.46. The molecule has 0 radical (unpaired) electrons. The van der Waals surface area contributed by atoms with Gasteiger partial charge in [0.05, 0.1) is 11.1 Å². The molecule has 0 aliphatic rings. The monoisotopic (exact) mass is 307 g/mol. The molecule has 0 saturated carbocycles. The second-order valence-corrected chi connectivity index (χ2v) is 7.44. The molecule has 21 heavy (non-hydrogen) atoms. The lowest BCUT2D eigenvalue weighted by Crippen LogP contribution is -2.28. The number of hydrogen-bond acceptors (Lipinski definition) is 3. The molecule has 1 aromatic heterocycles. The lowest BCUT2D eigenvalue weighted by Gasteiger charge is -2.21. The molecule has 0 fully saturated rings. The van der Waals surface area contributed by atoms with Crippen LogP contribution in [0.3, 0.4) is 0 Å².